The Morgan fingerprint density at radius 3 is 2.76 bits per heavy atom. The van der Waals surface area contributed by atoms with Gasteiger partial charge in [-0.2, -0.15) is 4.80 Å². The zero-order valence-corrected chi connectivity index (χ0v) is 13.1. The van der Waals surface area contributed by atoms with E-state index in [1.807, 2.05) is 26.0 Å². The monoisotopic (exact) mass is 289 g/mol. The molecule has 1 heterocycles. The Balaban J connectivity index is 2.17. The lowest BCUT2D eigenvalue weighted by Gasteiger charge is -2.18. The summed E-state index contributed by atoms with van der Waals surface area (Å²) in [6.07, 6.45) is 0.867. The number of nitrogens with zero attached hydrogens (tertiary/aromatic N) is 4. The van der Waals surface area contributed by atoms with Gasteiger partial charge >= 0.3 is 0 Å². The highest BCUT2D eigenvalue weighted by molar-refractivity contribution is 5.31. The molecule has 0 spiro atoms. The van der Waals surface area contributed by atoms with Crippen LogP contribution in [-0.2, 0) is 13.5 Å². The predicted octanol–water partition coefficient (Wildman–Crippen LogP) is 1.89. The van der Waals surface area contributed by atoms with Crippen molar-refractivity contribution >= 4 is 0 Å². The maximum atomic E-state index is 5.76. The topological polar surface area (TPSA) is 64.9 Å². The maximum Gasteiger partial charge on any atom is 0.176 e. The molecule has 1 aromatic heterocycles. The van der Waals surface area contributed by atoms with Crippen LogP contribution >= 0.6 is 0 Å². The number of hydrogen-bond donors (Lipinski definition) is 1. The van der Waals surface area contributed by atoms with Crippen LogP contribution in [0.15, 0.2) is 24.3 Å². The number of nitrogens with one attached hydrogen (secondary N) is 1. The van der Waals surface area contributed by atoms with Crippen LogP contribution in [0.2, 0.25) is 0 Å². The zero-order chi connectivity index (χ0) is 15.2. The fourth-order valence-electron chi connectivity index (χ4n) is 2.22. The largest absolute Gasteiger partial charge is 0.491 e. The Bertz CT molecular complexity index is 567. The van der Waals surface area contributed by atoms with E-state index in [4.69, 9.17) is 4.74 Å². The predicted molar refractivity (Wildman–Crippen MR) is 81.1 cm³/mol. The van der Waals surface area contributed by atoms with Crippen molar-refractivity contribution in [3.05, 3.63) is 35.7 Å². The van der Waals surface area contributed by atoms with Gasteiger partial charge in [-0.25, -0.2) is 0 Å². The van der Waals surface area contributed by atoms with Crippen LogP contribution in [0.5, 0.6) is 5.75 Å². The lowest BCUT2D eigenvalue weighted by Crippen LogP contribution is -2.23. The molecule has 0 aliphatic carbocycles. The second-order valence-electron chi connectivity index (χ2n) is 5.25. The molecular formula is C15H23N5O. The molecule has 6 nitrogen and oxygen atoms in total. The second-order valence-corrected chi connectivity index (χ2v) is 5.25. The standard InChI is InChI=1S/C15H23N5O/c1-5-16-14(10-15-17-19-20(4)18-15)12-7-6-8-13(9-12)21-11(2)3/h6-9,11,14,16H,5,10H2,1-4H3. The van der Waals surface area contributed by atoms with E-state index >= 15 is 0 Å². The number of rotatable bonds is 7. The molecule has 0 saturated carbocycles. The number of hydrogen-bond acceptors (Lipinski definition) is 5. The number of ether oxygens (including phenoxy) is 1. The second kappa shape index (κ2) is 7.17. The van der Waals surface area contributed by atoms with E-state index in [-0.39, 0.29) is 12.1 Å². The highest BCUT2D eigenvalue weighted by Crippen LogP contribution is 2.22. The minimum atomic E-state index is 0.148. The van der Waals surface area contributed by atoms with E-state index in [0.717, 1.165) is 18.1 Å². The van der Waals surface area contributed by atoms with Crippen LogP contribution in [0.3, 0.4) is 0 Å². The normalized spacial score (nSPS) is 12.6. The molecule has 0 fully saturated rings. The van der Waals surface area contributed by atoms with Gasteiger partial charge in [0.1, 0.15) is 5.75 Å². The first-order valence-corrected chi connectivity index (χ1v) is 7.31. The van der Waals surface area contributed by atoms with E-state index < -0.39 is 0 Å². The average Bonchev–Trinajstić information content (AvgIpc) is 2.83. The Hall–Kier alpha value is -1.95. The number of aromatic nitrogens is 4. The van der Waals surface area contributed by atoms with Gasteiger partial charge in [-0.05, 0) is 43.3 Å². The molecule has 0 saturated heterocycles. The Morgan fingerprint density at radius 2 is 2.14 bits per heavy atom. The summed E-state index contributed by atoms with van der Waals surface area (Å²) < 4.78 is 5.76. The molecule has 2 aromatic rings. The summed E-state index contributed by atoms with van der Waals surface area (Å²) in [6, 6.07) is 8.31. The molecule has 0 bridgehead atoms. The van der Waals surface area contributed by atoms with Gasteiger partial charge in [-0.1, -0.05) is 19.1 Å². The molecule has 0 aliphatic heterocycles. The SMILES string of the molecule is CCNC(Cc1nnn(C)n1)c1cccc(OC(C)C)c1. The highest BCUT2D eigenvalue weighted by Gasteiger charge is 2.15. The van der Waals surface area contributed by atoms with Crippen LogP contribution in [0.25, 0.3) is 0 Å². The van der Waals surface area contributed by atoms with Crippen LogP contribution in [0.4, 0.5) is 0 Å². The van der Waals surface area contributed by atoms with Crippen LogP contribution < -0.4 is 10.1 Å². The molecule has 2 rings (SSSR count). The Morgan fingerprint density at radius 1 is 1.33 bits per heavy atom. The van der Waals surface area contributed by atoms with Gasteiger partial charge in [0, 0.05) is 12.5 Å². The number of aryl methyl sites for hydroxylation is 1. The van der Waals surface area contributed by atoms with Crippen molar-refractivity contribution in [2.24, 2.45) is 7.05 Å². The Kier molecular flexibility index (Phi) is 5.27. The van der Waals surface area contributed by atoms with E-state index in [0.29, 0.717) is 6.42 Å². The lowest BCUT2D eigenvalue weighted by molar-refractivity contribution is 0.242. The van der Waals surface area contributed by atoms with Crippen molar-refractivity contribution in [3.63, 3.8) is 0 Å². The fourth-order valence-corrected chi connectivity index (χ4v) is 2.22. The quantitative estimate of drug-likeness (QED) is 0.843. The molecule has 0 amide bonds. The van der Waals surface area contributed by atoms with Gasteiger partial charge in [-0.3, -0.25) is 0 Å². The van der Waals surface area contributed by atoms with Gasteiger partial charge in [0.15, 0.2) is 5.82 Å². The number of tetrazole rings is 1. The third-order valence-electron chi connectivity index (χ3n) is 3.02. The Labute approximate surface area is 125 Å². The lowest BCUT2D eigenvalue weighted by atomic mass is 10.0. The molecular weight excluding hydrogens is 266 g/mol. The van der Waals surface area contributed by atoms with Gasteiger partial charge in [0.25, 0.3) is 0 Å². The first-order chi connectivity index (χ1) is 10.1. The van der Waals surface area contributed by atoms with Crippen molar-refractivity contribution in [3.8, 4) is 5.75 Å². The molecule has 0 radical (unpaired) electrons. The minimum Gasteiger partial charge on any atom is -0.491 e. The zero-order valence-electron chi connectivity index (χ0n) is 13.1. The third kappa shape index (κ3) is 4.53. The van der Waals surface area contributed by atoms with Crippen molar-refractivity contribution < 1.29 is 4.74 Å². The first-order valence-electron chi connectivity index (χ1n) is 7.31. The molecule has 6 heteroatoms. The summed E-state index contributed by atoms with van der Waals surface area (Å²) >= 11 is 0. The molecule has 1 aromatic carbocycles. The van der Waals surface area contributed by atoms with E-state index in [9.17, 15) is 0 Å². The van der Waals surface area contributed by atoms with Crippen molar-refractivity contribution in [1.82, 2.24) is 25.5 Å². The summed E-state index contributed by atoms with van der Waals surface area (Å²) in [5.74, 6) is 1.62. The van der Waals surface area contributed by atoms with Gasteiger partial charge in [0.2, 0.25) is 0 Å². The van der Waals surface area contributed by atoms with E-state index in [1.165, 1.54) is 10.4 Å². The summed E-state index contributed by atoms with van der Waals surface area (Å²) in [5.41, 5.74) is 1.17. The van der Waals surface area contributed by atoms with Crippen molar-refractivity contribution in [1.29, 1.82) is 0 Å². The molecule has 0 aliphatic rings. The molecule has 1 unspecified atom stereocenters. The van der Waals surface area contributed by atoms with Crippen molar-refractivity contribution in [2.75, 3.05) is 6.54 Å². The summed E-state index contributed by atoms with van der Waals surface area (Å²) in [7, 11) is 1.77. The smallest absolute Gasteiger partial charge is 0.176 e. The fraction of sp³-hybridized carbons (Fsp3) is 0.533. The summed E-state index contributed by atoms with van der Waals surface area (Å²) in [6.45, 7) is 7.02. The average molecular weight is 289 g/mol. The highest BCUT2D eigenvalue weighted by atomic mass is 16.5. The van der Waals surface area contributed by atoms with E-state index in [1.54, 1.807) is 7.05 Å². The van der Waals surface area contributed by atoms with Gasteiger partial charge in [-0.15, -0.1) is 10.2 Å². The third-order valence-corrected chi connectivity index (χ3v) is 3.02. The first kappa shape index (κ1) is 15.4. The molecule has 1 atom stereocenters. The van der Waals surface area contributed by atoms with Gasteiger partial charge < -0.3 is 10.1 Å². The van der Waals surface area contributed by atoms with Gasteiger partial charge in [0.05, 0.1) is 13.2 Å². The molecule has 1 N–H and O–H groups in total. The minimum absolute atomic E-state index is 0.148. The number of benzene rings is 1. The van der Waals surface area contributed by atoms with Crippen LogP contribution in [0.1, 0.15) is 38.2 Å². The summed E-state index contributed by atoms with van der Waals surface area (Å²) in [5, 5.41) is 15.7. The van der Waals surface area contributed by atoms with Crippen LogP contribution in [0, 0.1) is 0 Å². The molecule has 114 valence electrons. The molecule has 21 heavy (non-hydrogen) atoms. The number of likely N-dealkylation sites (N-methyl/N-ethyl adjacent to an activating group) is 1. The summed E-state index contributed by atoms with van der Waals surface area (Å²) in [4.78, 5) is 1.48. The maximum absolute atomic E-state index is 5.76. The van der Waals surface area contributed by atoms with E-state index in [2.05, 4.69) is 39.8 Å². The van der Waals surface area contributed by atoms with Crippen LogP contribution in [-0.4, -0.2) is 32.9 Å². The van der Waals surface area contributed by atoms with Crippen molar-refractivity contribution in [2.45, 2.75) is 39.3 Å².